The topological polar surface area (TPSA) is 64.9 Å². The Bertz CT molecular complexity index is 514. The minimum atomic E-state index is -0.0860. The lowest BCUT2D eigenvalue weighted by Crippen LogP contribution is -2.15. The van der Waals surface area contributed by atoms with Crippen molar-refractivity contribution >= 4 is 21.6 Å². The second-order valence-electron chi connectivity index (χ2n) is 3.91. The van der Waals surface area contributed by atoms with Gasteiger partial charge in [-0.1, -0.05) is 34.1 Å². The summed E-state index contributed by atoms with van der Waals surface area (Å²) >= 11 is 3.50. The van der Waals surface area contributed by atoms with Crippen LogP contribution in [0.5, 0.6) is 0 Å². The van der Waals surface area contributed by atoms with Crippen molar-refractivity contribution in [2.24, 2.45) is 5.73 Å². The molecule has 1 aromatic heterocycles. The Hall–Kier alpha value is -1.39. The zero-order valence-electron chi connectivity index (χ0n) is 9.31. The molecular formula is C13H14BrN3. The van der Waals surface area contributed by atoms with Crippen molar-refractivity contribution in [3.8, 4) is 0 Å². The average molecular weight is 292 g/mol. The van der Waals surface area contributed by atoms with E-state index in [0.717, 1.165) is 21.3 Å². The summed E-state index contributed by atoms with van der Waals surface area (Å²) in [5, 5.41) is 0. The number of benzene rings is 1. The monoisotopic (exact) mass is 291 g/mol. The Kier molecular flexibility index (Phi) is 3.76. The van der Waals surface area contributed by atoms with Crippen molar-refractivity contribution in [1.82, 2.24) is 4.98 Å². The maximum absolute atomic E-state index is 6.18. The van der Waals surface area contributed by atoms with E-state index in [4.69, 9.17) is 11.5 Å². The summed E-state index contributed by atoms with van der Waals surface area (Å²) in [6, 6.07) is 9.66. The van der Waals surface area contributed by atoms with E-state index < -0.39 is 0 Å². The van der Waals surface area contributed by atoms with Gasteiger partial charge >= 0.3 is 0 Å². The molecule has 0 saturated heterocycles. The van der Waals surface area contributed by atoms with E-state index in [9.17, 15) is 0 Å². The highest BCUT2D eigenvalue weighted by molar-refractivity contribution is 9.10. The van der Waals surface area contributed by atoms with Crippen LogP contribution in [0.1, 0.15) is 17.2 Å². The van der Waals surface area contributed by atoms with Crippen LogP contribution in [0.15, 0.2) is 47.2 Å². The average Bonchev–Trinajstić information content (AvgIpc) is 2.32. The lowest BCUT2D eigenvalue weighted by Gasteiger charge is -2.14. The van der Waals surface area contributed by atoms with Gasteiger partial charge in [-0.3, -0.25) is 4.98 Å². The highest BCUT2D eigenvalue weighted by Gasteiger charge is 2.11. The predicted octanol–water partition coefficient (Wildman–Crippen LogP) is 2.67. The van der Waals surface area contributed by atoms with Crippen LogP contribution in [-0.4, -0.2) is 4.98 Å². The molecule has 1 unspecified atom stereocenters. The Morgan fingerprint density at radius 1 is 1.24 bits per heavy atom. The van der Waals surface area contributed by atoms with E-state index >= 15 is 0 Å². The molecule has 0 bridgehead atoms. The highest BCUT2D eigenvalue weighted by Crippen LogP contribution is 2.25. The molecule has 17 heavy (non-hydrogen) atoms. The van der Waals surface area contributed by atoms with E-state index in [-0.39, 0.29) is 6.04 Å². The molecule has 3 nitrogen and oxygen atoms in total. The number of pyridine rings is 1. The van der Waals surface area contributed by atoms with Gasteiger partial charge in [-0.2, -0.15) is 0 Å². The van der Waals surface area contributed by atoms with Crippen molar-refractivity contribution in [2.75, 3.05) is 5.73 Å². The molecule has 0 radical (unpaired) electrons. The van der Waals surface area contributed by atoms with Gasteiger partial charge in [0, 0.05) is 28.6 Å². The van der Waals surface area contributed by atoms with Crippen LogP contribution in [-0.2, 0) is 6.42 Å². The molecule has 4 N–H and O–H groups in total. The zero-order valence-corrected chi connectivity index (χ0v) is 10.9. The van der Waals surface area contributed by atoms with Gasteiger partial charge in [0.15, 0.2) is 0 Å². The number of nitrogens with two attached hydrogens (primary N) is 2. The molecule has 0 aliphatic carbocycles. The summed E-state index contributed by atoms with van der Waals surface area (Å²) in [7, 11) is 0. The lowest BCUT2D eigenvalue weighted by atomic mass is 10.00. The van der Waals surface area contributed by atoms with Gasteiger partial charge in [0.2, 0.25) is 0 Å². The SMILES string of the molecule is Nc1ccncc1CC(N)c1ccccc1Br. The van der Waals surface area contributed by atoms with Crippen LogP contribution in [0.4, 0.5) is 5.69 Å². The fourth-order valence-corrected chi connectivity index (χ4v) is 2.31. The quantitative estimate of drug-likeness (QED) is 0.914. The molecule has 0 amide bonds. The summed E-state index contributed by atoms with van der Waals surface area (Å²) in [5.41, 5.74) is 14.9. The van der Waals surface area contributed by atoms with Crippen LogP contribution >= 0.6 is 15.9 Å². The third-order valence-electron chi connectivity index (χ3n) is 2.69. The number of nitrogen functional groups attached to an aromatic ring is 1. The molecule has 88 valence electrons. The first-order chi connectivity index (χ1) is 8.18. The maximum Gasteiger partial charge on any atom is 0.0378 e. The van der Waals surface area contributed by atoms with Crippen LogP contribution in [0.25, 0.3) is 0 Å². The molecule has 1 heterocycles. The minimum Gasteiger partial charge on any atom is -0.398 e. The molecule has 0 saturated carbocycles. The molecule has 4 heteroatoms. The standard InChI is InChI=1S/C13H14BrN3/c14-11-4-2-1-3-10(11)13(16)7-9-8-17-6-5-12(9)15/h1-6,8,13H,7,16H2,(H2,15,17). The molecule has 0 aliphatic heterocycles. The van der Waals surface area contributed by atoms with Gasteiger partial charge in [-0.15, -0.1) is 0 Å². The molecule has 0 fully saturated rings. The second-order valence-corrected chi connectivity index (χ2v) is 4.76. The third-order valence-corrected chi connectivity index (χ3v) is 3.41. The van der Waals surface area contributed by atoms with Gasteiger partial charge in [-0.25, -0.2) is 0 Å². The smallest absolute Gasteiger partial charge is 0.0378 e. The van der Waals surface area contributed by atoms with E-state index in [0.29, 0.717) is 6.42 Å². The molecule has 1 atom stereocenters. The van der Waals surface area contributed by atoms with Crippen LogP contribution < -0.4 is 11.5 Å². The van der Waals surface area contributed by atoms with Crippen molar-refractivity contribution < 1.29 is 0 Å². The van der Waals surface area contributed by atoms with Gasteiger partial charge < -0.3 is 11.5 Å². The first kappa shape index (κ1) is 12.1. The molecule has 2 rings (SSSR count). The van der Waals surface area contributed by atoms with E-state index in [1.54, 1.807) is 18.5 Å². The summed E-state index contributed by atoms with van der Waals surface area (Å²) < 4.78 is 1.02. The lowest BCUT2D eigenvalue weighted by molar-refractivity contribution is 0.717. The van der Waals surface area contributed by atoms with Crippen LogP contribution in [0.2, 0.25) is 0 Å². The number of anilines is 1. The number of nitrogens with zero attached hydrogens (tertiary/aromatic N) is 1. The number of hydrogen-bond acceptors (Lipinski definition) is 3. The molecular weight excluding hydrogens is 278 g/mol. The molecule has 0 spiro atoms. The predicted molar refractivity (Wildman–Crippen MR) is 73.4 cm³/mol. The second kappa shape index (κ2) is 5.29. The maximum atomic E-state index is 6.18. The third kappa shape index (κ3) is 2.84. The normalized spacial score (nSPS) is 12.4. The molecule has 2 aromatic rings. The Morgan fingerprint density at radius 2 is 2.00 bits per heavy atom. The molecule has 1 aromatic carbocycles. The van der Waals surface area contributed by atoms with Gasteiger partial charge in [0.25, 0.3) is 0 Å². The zero-order chi connectivity index (χ0) is 12.3. The Balaban J connectivity index is 2.20. The number of rotatable bonds is 3. The first-order valence-corrected chi connectivity index (χ1v) is 6.16. The van der Waals surface area contributed by atoms with Gasteiger partial charge in [0.1, 0.15) is 0 Å². The fourth-order valence-electron chi connectivity index (χ4n) is 1.73. The van der Waals surface area contributed by atoms with E-state index in [1.807, 2.05) is 24.3 Å². The fraction of sp³-hybridized carbons (Fsp3) is 0.154. The van der Waals surface area contributed by atoms with Gasteiger partial charge in [-0.05, 0) is 29.7 Å². The molecule has 0 aliphatic rings. The first-order valence-electron chi connectivity index (χ1n) is 5.37. The Morgan fingerprint density at radius 3 is 2.71 bits per heavy atom. The van der Waals surface area contributed by atoms with Crippen molar-refractivity contribution in [3.05, 3.63) is 58.3 Å². The van der Waals surface area contributed by atoms with Crippen molar-refractivity contribution in [3.63, 3.8) is 0 Å². The van der Waals surface area contributed by atoms with Crippen molar-refractivity contribution in [2.45, 2.75) is 12.5 Å². The minimum absolute atomic E-state index is 0.0860. The summed E-state index contributed by atoms with van der Waals surface area (Å²) in [5.74, 6) is 0. The van der Waals surface area contributed by atoms with Crippen LogP contribution in [0.3, 0.4) is 0 Å². The number of aromatic nitrogens is 1. The number of hydrogen-bond donors (Lipinski definition) is 2. The Labute approximate surface area is 109 Å². The largest absolute Gasteiger partial charge is 0.398 e. The summed E-state index contributed by atoms with van der Waals surface area (Å²) in [6.07, 6.45) is 4.14. The van der Waals surface area contributed by atoms with Crippen LogP contribution in [0, 0.1) is 0 Å². The summed E-state index contributed by atoms with van der Waals surface area (Å²) in [4.78, 5) is 4.07. The van der Waals surface area contributed by atoms with Crippen molar-refractivity contribution in [1.29, 1.82) is 0 Å². The summed E-state index contributed by atoms with van der Waals surface area (Å²) in [6.45, 7) is 0. The highest BCUT2D eigenvalue weighted by atomic mass is 79.9. The van der Waals surface area contributed by atoms with E-state index in [2.05, 4.69) is 20.9 Å². The number of halogens is 1. The van der Waals surface area contributed by atoms with Gasteiger partial charge in [0.05, 0.1) is 0 Å². The van der Waals surface area contributed by atoms with E-state index in [1.165, 1.54) is 0 Å².